The van der Waals surface area contributed by atoms with Gasteiger partial charge >= 0.3 is 6.18 Å². The van der Waals surface area contributed by atoms with E-state index in [9.17, 15) is 22.8 Å². The van der Waals surface area contributed by atoms with Gasteiger partial charge in [0, 0.05) is 11.3 Å². The van der Waals surface area contributed by atoms with Crippen LogP contribution in [0.25, 0.3) is 0 Å². The minimum atomic E-state index is -4.51. The number of halogens is 4. The molecule has 0 aliphatic heterocycles. The van der Waals surface area contributed by atoms with E-state index in [0.29, 0.717) is 30.6 Å². The van der Waals surface area contributed by atoms with E-state index < -0.39 is 28.5 Å². The Morgan fingerprint density at radius 2 is 1.79 bits per heavy atom. The molecule has 0 amide bonds. The Morgan fingerprint density at radius 3 is 2.39 bits per heavy atom. The summed E-state index contributed by atoms with van der Waals surface area (Å²) < 4.78 is 44.6. The molecule has 3 nitrogen and oxygen atoms in total. The van der Waals surface area contributed by atoms with Crippen LogP contribution in [-0.2, 0) is 22.2 Å². The SMILES string of the molecule is CCc1ccc(Oc2ccc(C(F)(F)F)cc2Cl)cc1C1C(=O)[C@@H]2CC[C@](C)(C1=O)C2(C)C. The molecule has 176 valence electrons. The lowest BCUT2D eigenvalue weighted by Crippen LogP contribution is -2.52. The fraction of sp³-hybridized carbons (Fsp3) is 0.462. The number of aryl methyl sites for hydroxylation is 1. The zero-order valence-corrected chi connectivity index (χ0v) is 19.7. The van der Waals surface area contributed by atoms with E-state index in [4.69, 9.17) is 16.3 Å². The molecule has 0 aromatic heterocycles. The van der Waals surface area contributed by atoms with Crippen molar-refractivity contribution in [1.29, 1.82) is 0 Å². The average molecular weight is 479 g/mol. The maximum absolute atomic E-state index is 13.7. The second-order valence-corrected chi connectivity index (χ2v) is 10.2. The highest BCUT2D eigenvalue weighted by atomic mass is 35.5. The first-order chi connectivity index (χ1) is 15.3. The van der Waals surface area contributed by atoms with Crippen LogP contribution in [0.4, 0.5) is 13.2 Å². The van der Waals surface area contributed by atoms with Gasteiger partial charge < -0.3 is 4.74 Å². The average Bonchev–Trinajstić information content (AvgIpc) is 2.92. The third-order valence-electron chi connectivity index (χ3n) is 7.96. The number of Topliss-reactive ketones (excluding diaryl/α,β-unsaturated/α-hetero) is 2. The van der Waals surface area contributed by atoms with Crippen molar-refractivity contribution in [2.24, 2.45) is 16.7 Å². The van der Waals surface area contributed by atoms with Crippen LogP contribution in [0.5, 0.6) is 11.5 Å². The van der Waals surface area contributed by atoms with Gasteiger partial charge in [0.2, 0.25) is 0 Å². The molecule has 2 bridgehead atoms. The summed E-state index contributed by atoms with van der Waals surface area (Å²) in [5.74, 6) is -0.799. The Morgan fingerprint density at radius 1 is 1.09 bits per heavy atom. The zero-order valence-electron chi connectivity index (χ0n) is 19.0. The number of rotatable bonds is 4. The van der Waals surface area contributed by atoms with E-state index in [-0.39, 0.29) is 28.3 Å². The molecule has 2 aromatic carbocycles. The highest BCUT2D eigenvalue weighted by molar-refractivity contribution is 6.32. The molecule has 2 aliphatic rings. The molecule has 1 unspecified atom stereocenters. The van der Waals surface area contributed by atoms with Crippen LogP contribution in [0.1, 0.15) is 63.1 Å². The van der Waals surface area contributed by atoms with Crippen LogP contribution in [0, 0.1) is 16.7 Å². The van der Waals surface area contributed by atoms with Crippen LogP contribution < -0.4 is 4.74 Å². The Kier molecular flexibility index (Phi) is 5.67. The van der Waals surface area contributed by atoms with Crippen LogP contribution >= 0.6 is 11.6 Å². The fourth-order valence-electron chi connectivity index (χ4n) is 5.50. The van der Waals surface area contributed by atoms with E-state index >= 15 is 0 Å². The topological polar surface area (TPSA) is 43.4 Å². The van der Waals surface area contributed by atoms with Crippen molar-refractivity contribution in [3.05, 3.63) is 58.1 Å². The highest BCUT2D eigenvalue weighted by Gasteiger charge is 2.64. The molecule has 4 rings (SSSR count). The van der Waals surface area contributed by atoms with Crippen molar-refractivity contribution in [2.75, 3.05) is 0 Å². The maximum Gasteiger partial charge on any atom is 0.416 e. The molecular formula is C26H26ClF3O3. The maximum atomic E-state index is 13.7. The van der Waals surface area contributed by atoms with Gasteiger partial charge in [-0.3, -0.25) is 9.59 Å². The van der Waals surface area contributed by atoms with Crippen molar-refractivity contribution in [3.8, 4) is 11.5 Å². The Labute approximate surface area is 196 Å². The number of benzene rings is 2. The predicted octanol–water partition coefficient (Wildman–Crippen LogP) is 7.39. The predicted molar refractivity (Wildman–Crippen MR) is 120 cm³/mol. The molecule has 2 fully saturated rings. The standard InChI is InChI=1S/C26H26ClF3O3/c1-5-14-6-8-16(33-20-9-7-15(12-19(20)27)26(28,29)30)13-17(14)21-22(31)18-10-11-25(4,23(21)32)24(18,2)3/h6-9,12-13,18,21H,5,10-11H2,1-4H3/t18-,21?,25+/m0/s1. The van der Waals surface area contributed by atoms with Crippen LogP contribution in [0.3, 0.4) is 0 Å². The first-order valence-electron chi connectivity index (χ1n) is 11.1. The zero-order chi connectivity index (χ0) is 24.3. The van der Waals surface area contributed by atoms with Crippen molar-refractivity contribution in [3.63, 3.8) is 0 Å². The number of fused-ring (bicyclic) bond motifs is 2. The number of ether oxygens (including phenoxy) is 1. The van der Waals surface area contributed by atoms with Gasteiger partial charge in [0.05, 0.1) is 10.6 Å². The molecule has 0 N–H and O–H groups in total. The Hall–Kier alpha value is -2.34. The molecule has 2 saturated carbocycles. The van der Waals surface area contributed by atoms with Gasteiger partial charge in [-0.15, -0.1) is 0 Å². The summed E-state index contributed by atoms with van der Waals surface area (Å²) in [6.07, 6.45) is -2.50. The quantitative estimate of drug-likeness (QED) is 0.430. The van der Waals surface area contributed by atoms with E-state index in [2.05, 4.69) is 0 Å². The third kappa shape index (κ3) is 3.67. The second-order valence-electron chi connectivity index (χ2n) is 9.80. The number of hydrogen-bond acceptors (Lipinski definition) is 3. The molecule has 7 heteroatoms. The van der Waals surface area contributed by atoms with E-state index in [1.807, 2.05) is 27.7 Å². The number of carbonyl (C=O) groups excluding carboxylic acids is 2. The molecular weight excluding hydrogens is 453 g/mol. The minimum Gasteiger partial charge on any atom is -0.456 e. The lowest BCUT2D eigenvalue weighted by molar-refractivity contribution is -0.149. The van der Waals surface area contributed by atoms with E-state index in [1.165, 1.54) is 6.07 Å². The lowest BCUT2D eigenvalue weighted by Gasteiger charge is -2.46. The molecule has 33 heavy (non-hydrogen) atoms. The fourth-order valence-corrected chi connectivity index (χ4v) is 5.72. The van der Waals surface area contributed by atoms with Crippen molar-refractivity contribution in [1.82, 2.24) is 0 Å². The summed E-state index contributed by atoms with van der Waals surface area (Å²) in [4.78, 5) is 27.2. The highest BCUT2D eigenvalue weighted by Crippen LogP contribution is 2.62. The van der Waals surface area contributed by atoms with Crippen molar-refractivity contribution < 1.29 is 27.5 Å². The van der Waals surface area contributed by atoms with Gasteiger partial charge in [0.1, 0.15) is 17.4 Å². The number of ketones is 2. The van der Waals surface area contributed by atoms with Gasteiger partial charge in [0.15, 0.2) is 11.6 Å². The van der Waals surface area contributed by atoms with Crippen LogP contribution in [0.15, 0.2) is 36.4 Å². The van der Waals surface area contributed by atoms with Gasteiger partial charge in [-0.2, -0.15) is 13.2 Å². The Bertz CT molecular complexity index is 1140. The molecule has 2 aliphatic carbocycles. The van der Waals surface area contributed by atoms with E-state index in [0.717, 1.165) is 17.7 Å². The van der Waals surface area contributed by atoms with Crippen molar-refractivity contribution in [2.45, 2.75) is 59.1 Å². The number of hydrogen-bond donors (Lipinski definition) is 0. The first-order valence-corrected chi connectivity index (χ1v) is 11.4. The number of carbonyl (C=O) groups is 2. The van der Waals surface area contributed by atoms with Gasteiger partial charge in [0.25, 0.3) is 0 Å². The summed E-state index contributed by atoms with van der Waals surface area (Å²) >= 11 is 6.04. The Balaban J connectivity index is 1.72. The lowest BCUT2D eigenvalue weighted by atomic mass is 9.54. The summed E-state index contributed by atoms with van der Waals surface area (Å²) in [6.45, 7) is 7.92. The molecule has 0 saturated heterocycles. The normalized spacial score (nSPS) is 26.5. The van der Waals surface area contributed by atoms with Crippen LogP contribution in [0.2, 0.25) is 5.02 Å². The van der Waals surface area contributed by atoms with Crippen LogP contribution in [-0.4, -0.2) is 11.6 Å². The summed E-state index contributed by atoms with van der Waals surface area (Å²) in [6, 6.07) is 8.01. The second kappa shape index (κ2) is 7.86. The molecule has 3 atom stereocenters. The molecule has 2 aromatic rings. The monoisotopic (exact) mass is 478 g/mol. The largest absolute Gasteiger partial charge is 0.456 e. The van der Waals surface area contributed by atoms with E-state index in [1.54, 1.807) is 18.2 Å². The smallest absolute Gasteiger partial charge is 0.416 e. The first kappa shape index (κ1) is 23.8. The van der Waals surface area contributed by atoms with Gasteiger partial charge in [-0.25, -0.2) is 0 Å². The number of alkyl halides is 3. The summed E-state index contributed by atoms with van der Waals surface area (Å²) in [5, 5.41) is -0.178. The van der Waals surface area contributed by atoms with Gasteiger partial charge in [-0.1, -0.05) is 45.4 Å². The summed E-state index contributed by atoms with van der Waals surface area (Å²) in [7, 11) is 0. The van der Waals surface area contributed by atoms with Crippen molar-refractivity contribution >= 4 is 23.2 Å². The molecule has 0 spiro atoms. The molecule has 0 radical (unpaired) electrons. The third-order valence-corrected chi connectivity index (χ3v) is 8.25. The summed E-state index contributed by atoms with van der Waals surface area (Å²) in [5.41, 5.74) is -0.371. The molecule has 0 heterocycles. The minimum absolute atomic E-state index is 0.0561. The van der Waals surface area contributed by atoms with Gasteiger partial charge in [-0.05, 0) is 66.1 Å².